The Balaban J connectivity index is 1.15. The number of aromatic carboxylic acids is 1. The fraction of sp³-hybridized carbons (Fsp3) is 0.355. The number of ether oxygens (including phenoxy) is 2. The van der Waals surface area contributed by atoms with Crippen LogP contribution in [0.15, 0.2) is 48.5 Å². The summed E-state index contributed by atoms with van der Waals surface area (Å²) in [5.41, 5.74) is 2.36. The highest BCUT2D eigenvalue weighted by atomic mass is 35.5. The van der Waals surface area contributed by atoms with Crippen molar-refractivity contribution in [2.24, 2.45) is 0 Å². The van der Waals surface area contributed by atoms with E-state index in [1.807, 2.05) is 6.07 Å². The molecule has 2 aromatic heterocycles. The number of anilines is 1. The maximum atomic E-state index is 14.3. The standard InChI is InChI=1S/C31H30ClFN6O4/c1-19(30-35-26-5-4-21(31(40)41)13-27(26)39(30)17-24-6-11-42-24)37-7-9-38(10-8-37)28-14-23(32)15-29(36-28)43-18-22-3-2-20(16-34)12-25(22)33/h2-5,12-15,19,24H,6-11,17-18H2,1H3,(H,40,41)/t19-,24?/m0/s1. The van der Waals surface area contributed by atoms with Gasteiger partial charge in [0.15, 0.2) is 0 Å². The zero-order valence-corrected chi connectivity index (χ0v) is 24.3. The Morgan fingerprint density at radius 1 is 1.19 bits per heavy atom. The van der Waals surface area contributed by atoms with E-state index in [1.165, 1.54) is 12.1 Å². The lowest BCUT2D eigenvalue weighted by Crippen LogP contribution is -2.48. The number of carboxylic acid groups (broad SMARTS) is 1. The molecule has 0 bridgehead atoms. The van der Waals surface area contributed by atoms with Crippen LogP contribution in [0.1, 0.15) is 46.7 Å². The fourth-order valence-electron chi connectivity index (χ4n) is 5.50. The van der Waals surface area contributed by atoms with Gasteiger partial charge in [-0.2, -0.15) is 10.2 Å². The van der Waals surface area contributed by atoms with Crippen LogP contribution in [0.2, 0.25) is 5.02 Å². The lowest BCUT2D eigenvalue weighted by Gasteiger charge is -2.38. The third-order valence-corrected chi connectivity index (χ3v) is 8.29. The van der Waals surface area contributed by atoms with Crippen LogP contribution >= 0.6 is 11.6 Å². The Hall–Kier alpha value is -4.24. The zero-order chi connectivity index (χ0) is 30.1. The predicted molar refractivity (Wildman–Crippen MR) is 158 cm³/mol. The summed E-state index contributed by atoms with van der Waals surface area (Å²) < 4.78 is 27.9. The first-order valence-corrected chi connectivity index (χ1v) is 14.5. The molecular weight excluding hydrogens is 575 g/mol. The van der Waals surface area contributed by atoms with Crippen LogP contribution in [0.5, 0.6) is 5.88 Å². The Morgan fingerprint density at radius 3 is 2.65 bits per heavy atom. The number of carboxylic acids is 1. The summed E-state index contributed by atoms with van der Waals surface area (Å²) in [5, 5.41) is 19.0. The van der Waals surface area contributed by atoms with E-state index in [1.54, 1.807) is 36.4 Å². The van der Waals surface area contributed by atoms with Crippen molar-refractivity contribution in [3.05, 3.63) is 81.9 Å². The van der Waals surface area contributed by atoms with Crippen LogP contribution in [0, 0.1) is 17.1 Å². The van der Waals surface area contributed by atoms with Gasteiger partial charge in [-0.25, -0.2) is 14.2 Å². The topological polar surface area (TPSA) is 117 Å². The Morgan fingerprint density at radius 2 is 1.98 bits per heavy atom. The van der Waals surface area contributed by atoms with E-state index in [0.717, 1.165) is 43.0 Å². The molecule has 0 amide bonds. The number of hydrogen-bond acceptors (Lipinski definition) is 8. The number of aromatic nitrogens is 3. The van der Waals surface area contributed by atoms with Gasteiger partial charge in [-0.1, -0.05) is 17.7 Å². The van der Waals surface area contributed by atoms with E-state index >= 15 is 0 Å². The molecule has 1 N–H and O–H groups in total. The minimum atomic E-state index is -0.968. The molecule has 2 atom stereocenters. The summed E-state index contributed by atoms with van der Waals surface area (Å²) in [6.45, 7) is 6.31. The molecule has 2 aliphatic rings. The van der Waals surface area contributed by atoms with Crippen LogP contribution in [0.25, 0.3) is 11.0 Å². The van der Waals surface area contributed by atoms with Gasteiger partial charge >= 0.3 is 5.97 Å². The number of nitriles is 1. The molecule has 0 saturated carbocycles. The molecule has 1 unspecified atom stereocenters. The Kier molecular flexibility index (Phi) is 8.17. The fourth-order valence-corrected chi connectivity index (χ4v) is 5.69. The quantitative estimate of drug-likeness (QED) is 0.280. The molecule has 0 radical (unpaired) electrons. The highest BCUT2D eigenvalue weighted by Crippen LogP contribution is 2.30. The molecule has 222 valence electrons. The molecule has 0 aliphatic carbocycles. The molecule has 2 fully saturated rings. The monoisotopic (exact) mass is 604 g/mol. The molecule has 10 nitrogen and oxygen atoms in total. The lowest BCUT2D eigenvalue weighted by atomic mass is 10.1. The lowest BCUT2D eigenvalue weighted by molar-refractivity contribution is -0.0594. The third kappa shape index (κ3) is 6.13. The molecule has 12 heteroatoms. The van der Waals surface area contributed by atoms with Crippen LogP contribution in [-0.2, 0) is 17.9 Å². The number of rotatable bonds is 9. The van der Waals surface area contributed by atoms with E-state index in [4.69, 9.17) is 31.3 Å². The summed E-state index contributed by atoms with van der Waals surface area (Å²) in [5.74, 6) is 0.362. The van der Waals surface area contributed by atoms with Crippen molar-refractivity contribution >= 4 is 34.4 Å². The SMILES string of the molecule is C[C@@H](c1nc2ccc(C(=O)O)cc2n1CC1CCO1)N1CCN(c2cc(Cl)cc(OCc3ccc(C#N)cc3F)n2)CC1. The van der Waals surface area contributed by atoms with Crippen LogP contribution in [0.3, 0.4) is 0 Å². The zero-order valence-electron chi connectivity index (χ0n) is 23.5. The van der Waals surface area contributed by atoms with E-state index in [0.29, 0.717) is 36.0 Å². The average molecular weight is 605 g/mol. The van der Waals surface area contributed by atoms with Crippen molar-refractivity contribution in [2.75, 3.05) is 37.7 Å². The molecule has 2 saturated heterocycles. The molecular formula is C31H30ClFN6O4. The van der Waals surface area contributed by atoms with Crippen molar-refractivity contribution in [2.45, 2.75) is 38.6 Å². The highest BCUT2D eigenvalue weighted by Gasteiger charge is 2.29. The first-order valence-electron chi connectivity index (χ1n) is 14.1. The smallest absolute Gasteiger partial charge is 0.335 e. The number of halogens is 2. The second-order valence-corrected chi connectivity index (χ2v) is 11.2. The summed E-state index contributed by atoms with van der Waals surface area (Å²) in [6.07, 6.45) is 1.05. The summed E-state index contributed by atoms with van der Waals surface area (Å²) in [7, 11) is 0. The van der Waals surface area contributed by atoms with Crippen molar-refractivity contribution in [1.29, 1.82) is 5.26 Å². The second kappa shape index (κ2) is 12.2. The van der Waals surface area contributed by atoms with Gasteiger partial charge in [0.2, 0.25) is 5.88 Å². The average Bonchev–Trinajstić information content (AvgIpc) is 3.35. The molecule has 4 aromatic rings. The molecule has 0 spiro atoms. The van der Waals surface area contributed by atoms with Gasteiger partial charge in [-0.15, -0.1) is 0 Å². The van der Waals surface area contributed by atoms with Crippen molar-refractivity contribution < 1.29 is 23.8 Å². The Bertz CT molecular complexity index is 1710. The first kappa shape index (κ1) is 28.9. The minimum Gasteiger partial charge on any atom is -0.478 e. The van der Waals surface area contributed by atoms with Gasteiger partial charge in [0.1, 0.15) is 24.1 Å². The Labute approximate surface area is 252 Å². The maximum Gasteiger partial charge on any atom is 0.335 e. The number of benzene rings is 2. The van der Waals surface area contributed by atoms with Gasteiger partial charge in [0, 0.05) is 49.4 Å². The number of carbonyl (C=O) groups is 1. The van der Waals surface area contributed by atoms with Crippen LogP contribution < -0.4 is 9.64 Å². The number of fused-ring (bicyclic) bond motifs is 1. The van der Waals surface area contributed by atoms with Gasteiger partial charge in [0.25, 0.3) is 0 Å². The van der Waals surface area contributed by atoms with Gasteiger partial charge in [-0.3, -0.25) is 4.90 Å². The van der Waals surface area contributed by atoms with Gasteiger partial charge in [0.05, 0.1) is 46.9 Å². The number of pyridine rings is 1. The highest BCUT2D eigenvalue weighted by molar-refractivity contribution is 6.30. The van der Waals surface area contributed by atoms with Crippen LogP contribution in [0.4, 0.5) is 10.2 Å². The maximum absolute atomic E-state index is 14.3. The van der Waals surface area contributed by atoms with E-state index in [-0.39, 0.29) is 35.8 Å². The number of nitrogens with zero attached hydrogens (tertiary/aromatic N) is 6. The molecule has 43 heavy (non-hydrogen) atoms. The largest absolute Gasteiger partial charge is 0.478 e. The minimum absolute atomic E-state index is 0.0172. The summed E-state index contributed by atoms with van der Waals surface area (Å²) in [4.78, 5) is 25.7. The first-order chi connectivity index (χ1) is 20.8. The van der Waals surface area contributed by atoms with E-state index in [2.05, 4.69) is 26.3 Å². The second-order valence-electron chi connectivity index (χ2n) is 10.8. The predicted octanol–water partition coefficient (Wildman–Crippen LogP) is 5.04. The van der Waals surface area contributed by atoms with Crippen molar-refractivity contribution in [3.63, 3.8) is 0 Å². The van der Waals surface area contributed by atoms with Crippen molar-refractivity contribution in [1.82, 2.24) is 19.4 Å². The molecule has 2 aromatic carbocycles. The number of piperazine rings is 1. The summed E-state index contributed by atoms with van der Waals surface area (Å²) in [6, 6.07) is 14.6. The summed E-state index contributed by atoms with van der Waals surface area (Å²) >= 11 is 6.40. The third-order valence-electron chi connectivity index (χ3n) is 8.07. The van der Waals surface area contributed by atoms with E-state index in [9.17, 15) is 14.3 Å². The molecule has 4 heterocycles. The van der Waals surface area contributed by atoms with Crippen LogP contribution in [-0.4, -0.2) is 69.4 Å². The number of imidazole rings is 1. The van der Waals surface area contributed by atoms with Crippen molar-refractivity contribution in [3.8, 4) is 11.9 Å². The normalized spacial score (nSPS) is 17.8. The van der Waals surface area contributed by atoms with Gasteiger partial charge < -0.3 is 24.0 Å². The molecule has 2 aliphatic heterocycles. The molecule has 6 rings (SSSR count). The van der Waals surface area contributed by atoms with E-state index < -0.39 is 11.8 Å². The van der Waals surface area contributed by atoms with Gasteiger partial charge in [-0.05, 0) is 49.7 Å². The number of hydrogen-bond donors (Lipinski definition) is 1.